The highest BCUT2D eigenvalue weighted by Gasteiger charge is 2.27. The van der Waals surface area contributed by atoms with Gasteiger partial charge in [0.25, 0.3) is 0 Å². The normalized spacial score (nSPS) is 15.9. The van der Waals surface area contributed by atoms with Crippen molar-refractivity contribution in [2.45, 2.75) is 72.1 Å². The zero-order chi connectivity index (χ0) is 23.1. The van der Waals surface area contributed by atoms with Crippen molar-refractivity contribution in [1.29, 1.82) is 0 Å². The number of rotatable bonds is 4. The number of carbonyl (C=O) groups excluding carboxylic acids is 3. The first-order valence-electron chi connectivity index (χ1n) is 9.87. The van der Waals surface area contributed by atoms with Crippen LogP contribution in [0.25, 0.3) is 0 Å². The third-order valence-electron chi connectivity index (χ3n) is 3.57. The Kier molecular flexibility index (Phi) is 8.83. The van der Waals surface area contributed by atoms with Gasteiger partial charge in [0.15, 0.2) is 0 Å². The van der Waals surface area contributed by atoms with Gasteiger partial charge >= 0.3 is 18.2 Å². The summed E-state index contributed by atoms with van der Waals surface area (Å²) in [6, 6.07) is -0.791. The van der Waals surface area contributed by atoms with Crippen LogP contribution in [0.4, 0.5) is 9.59 Å². The van der Waals surface area contributed by atoms with Crippen molar-refractivity contribution in [1.82, 2.24) is 10.2 Å². The number of nitrogens with zero attached hydrogens (tertiary/aromatic N) is 2. The van der Waals surface area contributed by atoms with Crippen LogP contribution in [0.5, 0.6) is 0 Å². The van der Waals surface area contributed by atoms with E-state index in [0.717, 1.165) is 5.57 Å². The molecule has 1 atom stereocenters. The molecular weight excluding hydrogens is 392 g/mol. The maximum Gasteiger partial charge on any atom is 0.437 e. The quantitative estimate of drug-likeness (QED) is 0.230. The number of hydrogen-bond acceptors (Lipinski definition) is 7. The van der Waals surface area contributed by atoms with Crippen LogP contribution < -0.4 is 11.1 Å². The summed E-state index contributed by atoms with van der Waals surface area (Å²) in [5, 5.41) is 2.51. The van der Waals surface area contributed by atoms with Gasteiger partial charge in [0.05, 0.1) is 6.61 Å². The minimum Gasteiger partial charge on any atom is -0.465 e. The highest BCUT2D eigenvalue weighted by atomic mass is 16.6. The highest BCUT2D eigenvalue weighted by molar-refractivity contribution is 5.99. The molecule has 30 heavy (non-hydrogen) atoms. The molecule has 1 aliphatic rings. The molecule has 0 saturated carbocycles. The lowest BCUT2D eigenvalue weighted by atomic mass is 10.1. The van der Waals surface area contributed by atoms with Gasteiger partial charge in [-0.1, -0.05) is 11.6 Å². The van der Waals surface area contributed by atoms with Crippen molar-refractivity contribution in [3.05, 3.63) is 11.6 Å². The molecule has 170 valence electrons. The van der Waals surface area contributed by atoms with Crippen LogP contribution in [0.1, 0.15) is 54.9 Å². The highest BCUT2D eigenvalue weighted by Crippen LogP contribution is 2.16. The van der Waals surface area contributed by atoms with Crippen molar-refractivity contribution >= 4 is 24.1 Å². The van der Waals surface area contributed by atoms with Crippen molar-refractivity contribution in [3.63, 3.8) is 0 Å². The van der Waals surface area contributed by atoms with Gasteiger partial charge in [-0.05, 0) is 54.9 Å². The van der Waals surface area contributed by atoms with Crippen LogP contribution in [-0.4, -0.2) is 66.0 Å². The number of esters is 1. The van der Waals surface area contributed by atoms with E-state index in [0.29, 0.717) is 19.5 Å². The fraction of sp³-hybridized carbons (Fsp3) is 0.700. The molecule has 0 fully saturated rings. The summed E-state index contributed by atoms with van der Waals surface area (Å²) in [7, 11) is 0. The summed E-state index contributed by atoms with van der Waals surface area (Å²) >= 11 is 0. The van der Waals surface area contributed by atoms with E-state index in [9.17, 15) is 14.4 Å². The number of aliphatic imine (C=N–C) groups is 1. The van der Waals surface area contributed by atoms with Crippen molar-refractivity contribution in [2.24, 2.45) is 10.7 Å². The molecule has 0 saturated heterocycles. The minimum absolute atomic E-state index is 0.00513. The van der Waals surface area contributed by atoms with E-state index < -0.39 is 35.4 Å². The van der Waals surface area contributed by atoms with Gasteiger partial charge in [0.2, 0.25) is 5.96 Å². The Morgan fingerprint density at radius 1 is 1.17 bits per heavy atom. The Hall–Kier alpha value is -2.62. The number of ether oxygens (including phenoxy) is 3. The summed E-state index contributed by atoms with van der Waals surface area (Å²) in [4.78, 5) is 41.7. The average molecular weight is 427 g/mol. The van der Waals surface area contributed by atoms with Gasteiger partial charge in [0.1, 0.15) is 17.2 Å². The number of carbonyl (C=O) groups is 3. The lowest BCUT2D eigenvalue weighted by Crippen LogP contribution is -2.46. The van der Waals surface area contributed by atoms with Crippen LogP contribution in [-0.2, 0) is 19.0 Å². The van der Waals surface area contributed by atoms with E-state index in [-0.39, 0.29) is 12.6 Å². The topological polar surface area (TPSA) is 133 Å². The largest absolute Gasteiger partial charge is 0.465 e. The Morgan fingerprint density at radius 2 is 1.77 bits per heavy atom. The maximum absolute atomic E-state index is 12.2. The first kappa shape index (κ1) is 25.4. The zero-order valence-corrected chi connectivity index (χ0v) is 18.9. The van der Waals surface area contributed by atoms with Gasteiger partial charge < -0.3 is 24.8 Å². The van der Waals surface area contributed by atoms with Crippen LogP contribution in [0, 0.1) is 0 Å². The van der Waals surface area contributed by atoms with Crippen LogP contribution in [0.2, 0.25) is 0 Å². The second-order valence-corrected chi connectivity index (χ2v) is 8.85. The molecule has 1 heterocycles. The Balaban J connectivity index is 2.89. The van der Waals surface area contributed by atoms with E-state index >= 15 is 0 Å². The number of nitrogens with one attached hydrogen (secondary N) is 1. The lowest BCUT2D eigenvalue weighted by Gasteiger charge is -2.25. The van der Waals surface area contributed by atoms with E-state index in [2.05, 4.69) is 10.3 Å². The smallest absolute Gasteiger partial charge is 0.437 e. The molecule has 0 radical (unpaired) electrons. The second kappa shape index (κ2) is 10.4. The lowest BCUT2D eigenvalue weighted by molar-refractivity contribution is -0.144. The molecular formula is C20H34N4O6. The molecule has 0 aromatic heterocycles. The fourth-order valence-corrected chi connectivity index (χ4v) is 2.48. The molecule has 2 amide bonds. The molecule has 0 aromatic carbocycles. The third-order valence-corrected chi connectivity index (χ3v) is 3.57. The summed E-state index contributed by atoms with van der Waals surface area (Å²) in [6.45, 7) is 13.0. The van der Waals surface area contributed by atoms with Crippen LogP contribution >= 0.6 is 0 Å². The first-order chi connectivity index (χ1) is 13.7. The predicted octanol–water partition coefficient (Wildman–Crippen LogP) is 2.32. The molecule has 0 bridgehead atoms. The molecule has 10 nitrogen and oxygen atoms in total. The Bertz CT molecular complexity index is 703. The molecule has 10 heteroatoms. The Labute approximate surface area is 177 Å². The number of hydrogen-bond donors (Lipinski definition) is 2. The molecule has 1 rings (SSSR count). The van der Waals surface area contributed by atoms with Gasteiger partial charge in [-0.15, -0.1) is 4.99 Å². The molecule has 0 spiro atoms. The number of nitrogens with two attached hydrogens (primary N) is 1. The maximum atomic E-state index is 12.2. The number of amides is 2. The summed E-state index contributed by atoms with van der Waals surface area (Å²) in [6.07, 6.45) is 0.564. The SMILES string of the molecule is CCOC(=O)C(N)CC1=CCN(C(=NC(=O)OC(C)(C)C)NC(=O)OC(C)(C)C)C1. The molecule has 3 N–H and O–H groups in total. The van der Waals surface area contributed by atoms with Crippen LogP contribution in [0.15, 0.2) is 16.6 Å². The minimum atomic E-state index is -0.842. The zero-order valence-electron chi connectivity index (χ0n) is 18.9. The number of guanidine groups is 1. The number of alkyl carbamates (subject to hydrolysis) is 1. The standard InChI is InChI=1S/C20H34N4O6/c1-8-28-15(25)14(21)11-13-9-10-24(12-13)16(22-17(26)29-19(2,3)4)23-18(27)30-20(5,6)7/h9,14H,8,10-12,21H2,1-7H3,(H,22,23,26,27). The van der Waals surface area contributed by atoms with E-state index in [1.807, 2.05) is 6.08 Å². The van der Waals surface area contributed by atoms with Gasteiger partial charge in [-0.25, -0.2) is 9.59 Å². The molecule has 1 aliphatic heterocycles. The fourth-order valence-electron chi connectivity index (χ4n) is 2.48. The summed E-state index contributed by atoms with van der Waals surface area (Å²) < 4.78 is 15.4. The monoisotopic (exact) mass is 426 g/mol. The van der Waals surface area contributed by atoms with E-state index in [4.69, 9.17) is 19.9 Å². The predicted molar refractivity (Wildman–Crippen MR) is 112 cm³/mol. The van der Waals surface area contributed by atoms with Crippen molar-refractivity contribution in [2.75, 3.05) is 19.7 Å². The van der Waals surface area contributed by atoms with Crippen molar-refractivity contribution < 1.29 is 28.6 Å². The van der Waals surface area contributed by atoms with Gasteiger partial charge in [-0.2, -0.15) is 0 Å². The average Bonchev–Trinajstić information content (AvgIpc) is 2.99. The van der Waals surface area contributed by atoms with Gasteiger partial charge in [-0.3, -0.25) is 10.1 Å². The molecule has 0 aliphatic carbocycles. The molecule has 0 aromatic rings. The summed E-state index contributed by atoms with van der Waals surface area (Å²) in [5.41, 5.74) is 5.28. The first-order valence-corrected chi connectivity index (χ1v) is 9.87. The second-order valence-electron chi connectivity index (χ2n) is 8.85. The van der Waals surface area contributed by atoms with Gasteiger partial charge in [0, 0.05) is 13.1 Å². The summed E-state index contributed by atoms with van der Waals surface area (Å²) in [5.74, 6) is -0.485. The molecule has 1 unspecified atom stereocenters. The van der Waals surface area contributed by atoms with Crippen molar-refractivity contribution in [3.8, 4) is 0 Å². The van der Waals surface area contributed by atoms with Crippen LogP contribution in [0.3, 0.4) is 0 Å². The van der Waals surface area contributed by atoms with E-state index in [1.54, 1.807) is 53.4 Å². The Morgan fingerprint density at radius 3 is 2.30 bits per heavy atom. The van der Waals surface area contributed by atoms with E-state index in [1.165, 1.54) is 0 Å². The third kappa shape index (κ3) is 9.73.